The Kier molecular flexibility index (Phi) is 15.3. The van der Waals surface area contributed by atoms with E-state index in [4.69, 9.17) is 23.7 Å². The molecule has 0 bridgehead atoms. The van der Waals surface area contributed by atoms with Crippen LogP contribution in [-0.2, 0) is 67.8 Å². The first-order valence-corrected chi connectivity index (χ1v) is 19.2. The Morgan fingerprint density at radius 3 is 1.22 bits per heavy atom. The number of phenols is 1. The summed E-state index contributed by atoms with van der Waals surface area (Å²) in [5, 5.41) is 16.0. The number of hydrogen-bond acceptors (Lipinski definition) is 10. The van der Waals surface area contributed by atoms with Gasteiger partial charge in [-0.1, -0.05) is 140 Å². The zero-order valence-electron chi connectivity index (χ0n) is 32.6. The van der Waals surface area contributed by atoms with E-state index in [9.17, 15) is 24.3 Å². The molecule has 2 atom stereocenters. The number of rotatable bonds is 18. The molecule has 0 fully saturated rings. The Balaban J connectivity index is 1.10. The van der Waals surface area contributed by atoms with E-state index in [0.717, 1.165) is 22.3 Å². The molecule has 0 heterocycles. The van der Waals surface area contributed by atoms with Crippen molar-refractivity contribution < 1.29 is 48.0 Å². The van der Waals surface area contributed by atoms with Crippen molar-refractivity contribution in [1.82, 2.24) is 10.6 Å². The van der Waals surface area contributed by atoms with Crippen molar-refractivity contribution >= 4 is 24.1 Å². The van der Waals surface area contributed by atoms with Crippen LogP contribution in [0.25, 0.3) is 0 Å². The Bertz CT molecular complexity index is 2290. The van der Waals surface area contributed by atoms with Crippen LogP contribution in [0.4, 0.5) is 9.59 Å². The number of hydrogen-bond donors (Lipinski definition) is 3. The van der Waals surface area contributed by atoms with Crippen molar-refractivity contribution in [2.24, 2.45) is 0 Å². The van der Waals surface area contributed by atoms with Crippen LogP contribution in [0.3, 0.4) is 0 Å². The van der Waals surface area contributed by atoms with Gasteiger partial charge >= 0.3 is 24.1 Å². The van der Waals surface area contributed by atoms with Gasteiger partial charge in [0.15, 0.2) is 11.5 Å². The van der Waals surface area contributed by atoms with E-state index in [0.29, 0.717) is 16.9 Å². The van der Waals surface area contributed by atoms with E-state index in [1.807, 2.05) is 121 Å². The van der Waals surface area contributed by atoms with Crippen molar-refractivity contribution in [2.45, 2.75) is 51.4 Å². The van der Waals surface area contributed by atoms with Gasteiger partial charge in [0, 0.05) is 12.8 Å². The summed E-state index contributed by atoms with van der Waals surface area (Å²) in [6.07, 6.45) is -1.51. The number of esters is 2. The monoisotopic (exact) mass is 808 g/mol. The van der Waals surface area contributed by atoms with Gasteiger partial charge in [0.2, 0.25) is 0 Å². The zero-order valence-corrected chi connectivity index (χ0v) is 32.6. The fraction of sp³-hybridized carbons (Fsp3) is 0.167. The Morgan fingerprint density at radius 1 is 0.433 bits per heavy atom. The van der Waals surface area contributed by atoms with Crippen LogP contribution in [0.1, 0.15) is 33.4 Å². The smallest absolute Gasteiger partial charge is 0.408 e. The van der Waals surface area contributed by atoms with Gasteiger partial charge in [-0.2, -0.15) is 0 Å². The summed E-state index contributed by atoms with van der Waals surface area (Å²) in [6, 6.07) is 45.8. The molecule has 0 aliphatic rings. The van der Waals surface area contributed by atoms with Crippen LogP contribution in [0.5, 0.6) is 17.2 Å². The summed E-state index contributed by atoms with van der Waals surface area (Å²) >= 11 is 0. The lowest BCUT2D eigenvalue weighted by Crippen LogP contribution is -2.43. The summed E-state index contributed by atoms with van der Waals surface area (Å²) in [5.74, 6) is -1.04. The number of ether oxygens (including phenoxy) is 5. The number of nitrogens with one attached hydrogen (secondary N) is 2. The molecular weight excluding hydrogens is 765 g/mol. The maximum Gasteiger partial charge on any atom is 0.408 e. The lowest BCUT2D eigenvalue weighted by molar-refractivity contribution is -0.148. The molecule has 3 N–H and O–H groups in total. The second kappa shape index (κ2) is 21.8. The van der Waals surface area contributed by atoms with Gasteiger partial charge in [0.05, 0.1) is 0 Å². The molecule has 12 heteroatoms. The van der Waals surface area contributed by atoms with Crippen molar-refractivity contribution in [3.8, 4) is 17.2 Å². The molecular formula is C48H44N2O10. The molecule has 0 aromatic heterocycles. The van der Waals surface area contributed by atoms with Gasteiger partial charge in [-0.3, -0.25) is 0 Å². The van der Waals surface area contributed by atoms with E-state index < -0.39 is 36.2 Å². The standard InChI is InChI=1S/C48H44N2O10/c51-43-26-23-39(28-42(46(53)57-31-36-15-7-2-8-16-36)50-48(55)59-33-38-19-11-4-12-20-38)29-44(43)60-40-24-21-34(22-25-40)27-41(45(52)56-30-35-13-5-1-6-14-35)49-47(54)58-32-37-17-9-3-10-18-37/h1-26,29,41-42,51H,27-28,30-33H2,(H,49,54)(H,50,55)/t41-,42-/m0/s1. The highest BCUT2D eigenvalue weighted by atomic mass is 16.6. The van der Waals surface area contributed by atoms with Gasteiger partial charge < -0.3 is 39.4 Å². The Labute approximate surface area is 347 Å². The predicted molar refractivity (Wildman–Crippen MR) is 222 cm³/mol. The first-order chi connectivity index (χ1) is 29.3. The average Bonchev–Trinajstić information content (AvgIpc) is 3.28. The van der Waals surface area contributed by atoms with Crippen molar-refractivity contribution in [3.05, 3.63) is 197 Å². The molecule has 6 rings (SSSR count). The minimum absolute atomic E-state index is 0.000869. The van der Waals surface area contributed by atoms with E-state index in [1.54, 1.807) is 36.4 Å². The topological polar surface area (TPSA) is 159 Å². The number of carbonyl (C=O) groups excluding carboxylic acids is 4. The molecule has 0 saturated heterocycles. The second-order valence-electron chi connectivity index (χ2n) is 13.7. The number of carbonyl (C=O) groups is 4. The summed E-state index contributed by atoms with van der Waals surface area (Å²) in [7, 11) is 0. The summed E-state index contributed by atoms with van der Waals surface area (Å²) in [5.41, 5.74) is 4.36. The quantitative estimate of drug-likeness (QED) is 0.0569. The molecule has 6 aromatic carbocycles. The highest BCUT2D eigenvalue weighted by molar-refractivity contribution is 5.82. The molecule has 0 aliphatic carbocycles. The van der Waals surface area contributed by atoms with Gasteiger partial charge in [-0.15, -0.1) is 0 Å². The SMILES string of the molecule is O=C(N[C@@H](Cc1ccc(Oc2cc(C[C@H](NC(=O)OCc3ccccc3)C(=O)OCc3ccccc3)ccc2O)cc1)C(=O)OCc1ccccc1)OCc1ccccc1. The number of alkyl carbamates (subject to hydrolysis) is 2. The van der Waals surface area contributed by atoms with Crippen molar-refractivity contribution in [1.29, 1.82) is 0 Å². The van der Waals surface area contributed by atoms with E-state index in [1.165, 1.54) is 6.07 Å². The van der Waals surface area contributed by atoms with Crippen LogP contribution in [0, 0.1) is 0 Å². The van der Waals surface area contributed by atoms with E-state index in [-0.39, 0.29) is 50.8 Å². The molecule has 12 nitrogen and oxygen atoms in total. The number of amides is 2. The second-order valence-corrected chi connectivity index (χ2v) is 13.7. The zero-order chi connectivity index (χ0) is 41.9. The van der Waals surface area contributed by atoms with E-state index in [2.05, 4.69) is 10.6 Å². The highest BCUT2D eigenvalue weighted by Gasteiger charge is 2.26. The Hall–Kier alpha value is -7.60. The maximum atomic E-state index is 13.3. The first-order valence-electron chi connectivity index (χ1n) is 19.2. The number of aromatic hydroxyl groups is 1. The third-order valence-electron chi connectivity index (χ3n) is 9.08. The molecule has 2 amide bonds. The van der Waals surface area contributed by atoms with Crippen LogP contribution >= 0.6 is 0 Å². The van der Waals surface area contributed by atoms with E-state index >= 15 is 0 Å². The Morgan fingerprint density at radius 2 is 0.800 bits per heavy atom. The molecule has 0 unspecified atom stereocenters. The summed E-state index contributed by atoms with van der Waals surface area (Å²) in [4.78, 5) is 52.3. The van der Waals surface area contributed by atoms with Crippen LogP contribution < -0.4 is 15.4 Å². The lowest BCUT2D eigenvalue weighted by atomic mass is 10.0. The van der Waals surface area contributed by atoms with Crippen LogP contribution in [0.2, 0.25) is 0 Å². The number of phenolic OH excluding ortho intramolecular Hbond substituents is 1. The van der Waals surface area contributed by atoms with Crippen LogP contribution in [0.15, 0.2) is 164 Å². The number of benzene rings is 6. The van der Waals surface area contributed by atoms with Gasteiger partial charge in [0.25, 0.3) is 0 Å². The lowest BCUT2D eigenvalue weighted by Gasteiger charge is -2.19. The third kappa shape index (κ3) is 13.5. The minimum Gasteiger partial charge on any atom is -0.504 e. The molecule has 6 aromatic rings. The third-order valence-corrected chi connectivity index (χ3v) is 9.08. The summed E-state index contributed by atoms with van der Waals surface area (Å²) < 4.78 is 27.9. The molecule has 60 heavy (non-hydrogen) atoms. The molecule has 0 saturated carbocycles. The average molecular weight is 809 g/mol. The fourth-order valence-corrected chi connectivity index (χ4v) is 5.92. The highest BCUT2D eigenvalue weighted by Crippen LogP contribution is 2.32. The van der Waals surface area contributed by atoms with Gasteiger partial charge in [-0.05, 0) is 57.6 Å². The summed E-state index contributed by atoms with van der Waals surface area (Å²) in [6.45, 7) is 0.0533. The van der Waals surface area contributed by atoms with Crippen LogP contribution in [-0.4, -0.2) is 41.3 Å². The fourth-order valence-electron chi connectivity index (χ4n) is 5.92. The normalized spacial score (nSPS) is 11.6. The molecule has 306 valence electrons. The molecule has 0 aliphatic heterocycles. The van der Waals surface area contributed by atoms with Crippen molar-refractivity contribution in [2.75, 3.05) is 0 Å². The van der Waals surface area contributed by atoms with Crippen molar-refractivity contribution in [3.63, 3.8) is 0 Å². The van der Waals surface area contributed by atoms with Gasteiger partial charge in [-0.25, -0.2) is 19.2 Å². The predicted octanol–water partition coefficient (Wildman–Crippen LogP) is 8.35. The largest absolute Gasteiger partial charge is 0.504 e. The minimum atomic E-state index is -1.13. The van der Waals surface area contributed by atoms with Gasteiger partial charge in [0.1, 0.15) is 44.3 Å². The first kappa shape index (κ1) is 42.0. The molecule has 0 spiro atoms. The maximum absolute atomic E-state index is 13.3. The molecule has 0 radical (unpaired) electrons.